The molecule has 3 aromatic rings. The van der Waals surface area contributed by atoms with E-state index in [2.05, 4.69) is 36.5 Å². The zero-order valence-corrected chi connectivity index (χ0v) is 18.6. The van der Waals surface area contributed by atoms with Gasteiger partial charge in [0.2, 0.25) is 0 Å². The molecule has 3 rings (SSSR count). The van der Waals surface area contributed by atoms with E-state index in [1.807, 2.05) is 36.4 Å². The van der Waals surface area contributed by atoms with Gasteiger partial charge in [-0.15, -0.1) is 0 Å². The third-order valence-corrected chi connectivity index (χ3v) is 5.56. The van der Waals surface area contributed by atoms with Crippen molar-refractivity contribution in [3.63, 3.8) is 0 Å². The lowest BCUT2D eigenvalue weighted by Gasteiger charge is -2.20. The minimum Gasteiger partial charge on any atom is -0.489 e. The van der Waals surface area contributed by atoms with Crippen LogP contribution in [0.15, 0.2) is 66.7 Å². The summed E-state index contributed by atoms with van der Waals surface area (Å²) in [5.41, 5.74) is 3.18. The molecule has 2 nitrogen and oxygen atoms in total. The second-order valence-corrected chi connectivity index (χ2v) is 8.19. The van der Waals surface area contributed by atoms with E-state index in [4.69, 9.17) is 39.5 Å². The monoisotopic (exact) mass is 447 g/mol. The fourth-order valence-corrected chi connectivity index (χ4v) is 3.87. The van der Waals surface area contributed by atoms with Gasteiger partial charge in [-0.25, -0.2) is 0 Å². The number of ether oxygens (including phenoxy) is 1. The summed E-state index contributed by atoms with van der Waals surface area (Å²) < 4.78 is 6.07. The summed E-state index contributed by atoms with van der Waals surface area (Å²) in [4.78, 5) is 0. The van der Waals surface area contributed by atoms with E-state index in [0.29, 0.717) is 28.2 Å². The van der Waals surface area contributed by atoms with Crippen molar-refractivity contribution in [3.05, 3.63) is 98.5 Å². The highest BCUT2D eigenvalue weighted by molar-refractivity contribution is 6.35. The molecule has 0 bridgehead atoms. The van der Waals surface area contributed by atoms with E-state index in [9.17, 15) is 0 Å². The molecule has 152 valence electrons. The second kappa shape index (κ2) is 10.9. The lowest BCUT2D eigenvalue weighted by molar-refractivity contribution is 0.301. The summed E-state index contributed by atoms with van der Waals surface area (Å²) in [7, 11) is 0. The van der Waals surface area contributed by atoms with Crippen LogP contribution in [0.3, 0.4) is 0 Å². The Morgan fingerprint density at radius 3 is 2.31 bits per heavy atom. The Hall–Kier alpha value is -1.71. The number of nitrogens with one attached hydrogen (secondary N) is 1. The lowest BCUT2D eigenvalue weighted by Crippen LogP contribution is -2.21. The fraction of sp³-hybridized carbons (Fsp3) is 0.250. The molecule has 1 atom stereocenters. The van der Waals surface area contributed by atoms with E-state index in [1.165, 1.54) is 5.56 Å². The van der Waals surface area contributed by atoms with Crippen LogP contribution in [0.2, 0.25) is 15.1 Å². The SMILES string of the molecule is CCCC(NCc1cc(Cl)ccc1OCc1ccc(Cl)cc1Cl)c1ccccc1. The highest BCUT2D eigenvalue weighted by Gasteiger charge is 2.12. The molecule has 0 aliphatic rings. The van der Waals surface area contributed by atoms with E-state index in [0.717, 1.165) is 29.7 Å². The molecule has 3 aromatic carbocycles. The van der Waals surface area contributed by atoms with Crippen molar-refractivity contribution in [3.8, 4) is 5.75 Å². The molecule has 0 radical (unpaired) electrons. The normalized spacial score (nSPS) is 12.0. The molecule has 0 aliphatic heterocycles. The predicted octanol–water partition coefficient (Wildman–Crippen LogP) is 7.86. The Morgan fingerprint density at radius 2 is 1.59 bits per heavy atom. The van der Waals surface area contributed by atoms with Crippen LogP contribution in [0.5, 0.6) is 5.75 Å². The molecule has 0 heterocycles. The van der Waals surface area contributed by atoms with Crippen molar-refractivity contribution in [1.82, 2.24) is 5.32 Å². The Morgan fingerprint density at radius 1 is 0.862 bits per heavy atom. The molecule has 0 aliphatic carbocycles. The van der Waals surface area contributed by atoms with Crippen molar-refractivity contribution >= 4 is 34.8 Å². The van der Waals surface area contributed by atoms with Crippen LogP contribution < -0.4 is 10.1 Å². The highest BCUT2D eigenvalue weighted by atomic mass is 35.5. The van der Waals surface area contributed by atoms with E-state index in [-0.39, 0.29) is 6.04 Å². The van der Waals surface area contributed by atoms with Crippen LogP contribution in [-0.4, -0.2) is 0 Å². The first-order valence-electron chi connectivity index (χ1n) is 9.70. The maximum atomic E-state index is 6.27. The molecule has 0 spiro atoms. The second-order valence-electron chi connectivity index (χ2n) is 6.91. The predicted molar refractivity (Wildman–Crippen MR) is 123 cm³/mol. The molecule has 0 aromatic heterocycles. The van der Waals surface area contributed by atoms with Crippen LogP contribution in [-0.2, 0) is 13.2 Å². The van der Waals surface area contributed by atoms with Gasteiger partial charge in [0.25, 0.3) is 0 Å². The Bertz CT molecular complexity index is 931. The van der Waals surface area contributed by atoms with Gasteiger partial charge < -0.3 is 10.1 Å². The molecule has 0 fully saturated rings. The molecule has 0 saturated heterocycles. The Balaban J connectivity index is 1.72. The van der Waals surface area contributed by atoms with Crippen molar-refractivity contribution in [2.75, 3.05) is 0 Å². The lowest BCUT2D eigenvalue weighted by atomic mass is 10.0. The molecular formula is C24H24Cl3NO. The molecule has 1 unspecified atom stereocenters. The third kappa shape index (κ3) is 6.38. The highest BCUT2D eigenvalue weighted by Crippen LogP contribution is 2.27. The molecule has 5 heteroatoms. The largest absolute Gasteiger partial charge is 0.489 e. The maximum absolute atomic E-state index is 6.27. The Kier molecular flexibility index (Phi) is 8.26. The van der Waals surface area contributed by atoms with Gasteiger partial charge in [0.15, 0.2) is 0 Å². The molecule has 29 heavy (non-hydrogen) atoms. The van der Waals surface area contributed by atoms with Gasteiger partial charge in [0, 0.05) is 38.8 Å². The quantitative estimate of drug-likeness (QED) is 0.360. The van der Waals surface area contributed by atoms with Crippen molar-refractivity contribution in [1.29, 1.82) is 0 Å². The first-order chi connectivity index (χ1) is 14.1. The number of hydrogen-bond donors (Lipinski definition) is 1. The van der Waals surface area contributed by atoms with E-state index >= 15 is 0 Å². The van der Waals surface area contributed by atoms with Crippen LogP contribution >= 0.6 is 34.8 Å². The van der Waals surface area contributed by atoms with Crippen LogP contribution in [0.25, 0.3) is 0 Å². The molecule has 0 amide bonds. The standard InChI is InChI=1S/C24H24Cl3NO/c1-2-6-23(17-7-4-3-5-8-17)28-15-19-13-20(25)11-12-24(19)29-16-18-9-10-21(26)14-22(18)27/h3-5,7-14,23,28H,2,6,15-16H2,1H3. The summed E-state index contributed by atoms with van der Waals surface area (Å²) in [6.45, 7) is 3.22. The van der Waals surface area contributed by atoms with E-state index < -0.39 is 0 Å². The average Bonchev–Trinajstić information content (AvgIpc) is 2.72. The summed E-state index contributed by atoms with van der Waals surface area (Å²) in [5.74, 6) is 0.788. The molecule has 0 saturated carbocycles. The Labute approximate surface area is 187 Å². The van der Waals surface area contributed by atoms with Crippen LogP contribution in [0.4, 0.5) is 0 Å². The first kappa shape index (κ1) is 22.0. The third-order valence-electron chi connectivity index (χ3n) is 4.74. The molecular weight excluding hydrogens is 425 g/mol. The number of halogens is 3. The minimum absolute atomic E-state index is 0.277. The zero-order chi connectivity index (χ0) is 20.6. The minimum atomic E-state index is 0.277. The first-order valence-corrected chi connectivity index (χ1v) is 10.8. The summed E-state index contributed by atoms with van der Waals surface area (Å²) in [6.07, 6.45) is 2.15. The summed E-state index contributed by atoms with van der Waals surface area (Å²) in [5, 5.41) is 5.55. The molecule has 1 N–H and O–H groups in total. The number of hydrogen-bond acceptors (Lipinski definition) is 2. The van der Waals surface area contributed by atoms with Crippen molar-refractivity contribution in [2.24, 2.45) is 0 Å². The average molecular weight is 449 g/mol. The number of rotatable bonds is 9. The van der Waals surface area contributed by atoms with Crippen LogP contribution in [0.1, 0.15) is 42.5 Å². The van der Waals surface area contributed by atoms with Crippen molar-refractivity contribution < 1.29 is 4.74 Å². The van der Waals surface area contributed by atoms with Gasteiger partial charge in [0.05, 0.1) is 0 Å². The number of benzene rings is 3. The fourth-order valence-electron chi connectivity index (χ4n) is 3.21. The van der Waals surface area contributed by atoms with Gasteiger partial charge in [-0.1, -0.05) is 84.5 Å². The van der Waals surface area contributed by atoms with Gasteiger partial charge >= 0.3 is 0 Å². The summed E-state index contributed by atoms with van der Waals surface area (Å²) in [6, 6.07) is 21.9. The summed E-state index contributed by atoms with van der Waals surface area (Å²) >= 11 is 18.5. The maximum Gasteiger partial charge on any atom is 0.124 e. The van der Waals surface area contributed by atoms with Gasteiger partial charge in [-0.3, -0.25) is 0 Å². The zero-order valence-electron chi connectivity index (χ0n) is 16.3. The topological polar surface area (TPSA) is 21.3 Å². The van der Waals surface area contributed by atoms with Crippen molar-refractivity contribution in [2.45, 2.75) is 39.0 Å². The smallest absolute Gasteiger partial charge is 0.124 e. The van der Waals surface area contributed by atoms with Gasteiger partial charge in [0.1, 0.15) is 12.4 Å². The van der Waals surface area contributed by atoms with Gasteiger partial charge in [-0.2, -0.15) is 0 Å². The van der Waals surface area contributed by atoms with Gasteiger partial charge in [-0.05, 0) is 42.3 Å². The van der Waals surface area contributed by atoms with Crippen LogP contribution in [0, 0.1) is 0 Å². The van der Waals surface area contributed by atoms with E-state index in [1.54, 1.807) is 6.07 Å².